The van der Waals surface area contributed by atoms with Gasteiger partial charge in [0.15, 0.2) is 6.61 Å². The molecule has 0 aromatic heterocycles. The Morgan fingerprint density at radius 3 is 2.28 bits per heavy atom. The van der Waals surface area contributed by atoms with E-state index in [0.29, 0.717) is 22.7 Å². The maximum absolute atomic E-state index is 12.5. The highest BCUT2D eigenvalue weighted by atomic mass is 32.2. The monoisotopic (exact) mass is 454 g/mol. The predicted molar refractivity (Wildman–Crippen MR) is 120 cm³/mol. The molecule has 0 aliphatic rings. The van der Waals surface area contributed by atoms with E-state index >= 15 is 0 Å². The van der Waals surface area contributed by atoms with Crippen molar-refractivity contribution in [2.45, 2.75) is 11.8 Å². The fourth-order valence-electron chi connectivity index (χ4n) is 2.72. The zero-order valence-electron chi connectivity index (χ0n) is 17.3. The molecule has 0 unspecified atom stereocenters. The van der Waals surface area contributed by atoms with Crippen molar-refractivity contribution in [2.75, 3.05) is 23.3 Å². The van der Waals surface area contributed by atoms with Crippen molar-refractivity contribution in [2.24, 2.45) is 0 Å². The molecule has 8 nitrogen and oxygen atoms in total. The van der Waals surface area contributed by atoms with Crippen molar-refractivity contribution in [3.8, 4) is 5.75 Å². The van der Waals surface area contributed by atoms with Crippen molar-refractivity contribution in [3.63, 3.8) is 0 Å². The van der Waals surface area contributed by atoms with Gasteiger partial charge in [-0.2, -0.15) is 0 Å². The predicted octanol–water partition coefficient (Wildman–Crippen LogP) is 3.68. The SMILES string of the molecule is CCOC(=O)COc1cccc(NC(=O)c2ccc(NS(=O)(=O)c3ccccc3)cc2)c1. The number of ether oxygens (including phenoxy) is 2. The minimum atomic E-state index is -3.71. The third kappa shape index (κ3) is 6.32. The van der Waals surface area contributed by atoms with Crippen molar-refractivity contribution in [3.05, 3.63) is 84.4 Å². The van der Waals surface area contributed by atoms with Crippen LogP contribution in [0.4, 0.5) is 11.4 Å². The van der Waals surface area contributed by atoms with Crippen LogP contribution in [0.1, 0.15) is 17.3 Å². The second-order valence-electron chi connectivity index (χ2n) is 6.57. The Morgan fingerprint density at radius 2 is 1.59 bits per heavy atom. The number of hydrogen-bond acceptors (Lipinski definition) is 6. The lowest BCUT2D eigenvalue weighted by Crippen LogP contribution is -2.15. The molecule has 0 spiro atoms. The summed E-state index contributed by atoms with van der Waals surface area (Å²) in [7, 11) is -3.71. The maximum Gasteiger partial charge on any atom is 0.344 e. The number of rotatable bonds is 9. The van der Waals surface area contributed by atoms with Gasteiger partial charge in [-0.05, 0) is 55.5 Å². The highest BCUT2D eigenvalue weighted by molar-refractivity contribution is 7.92. The molecule has 0 aliphatic heterocycles. The molecule has 1 amide bonds. The summed E-state index contributed by atoms with van der Waals surface area (Å²) in [4.78, 5) is 24.1. The lowest BCUT2D eigenvalue weighted by molar-refractivity contribution is -0.145. The molecule has 9 heteroatoms. The normalized spacial score (nSPS) is 10.8. The molecular formula is C23H22N2O6S. The van der Waals surface area contributed by atoms with E-state index in [1.807, 2.05) is 0 Å². The summed E-state index contributed by atoms with van der Waals surface area (Å²) < 4.78 is 37.4. The third-order valence-corrected chi connectivity index (χ3v) is 5.60. The highest BCUT2D eigenvalue weighted by Gasteiger charge is 2.14. The average Bonchev–Trinajstić information content (AvgIpc) is 2.79. The number of carbonyl (C=O) groups is 2. The molecule has 3 aromatic carbocycles. The quantitative estimate of drug-likeness (QED) is 0.477. The summed E-state index contributed by atoms with van der Waals surface area (Å²) in [5.41, 5.74) is 1.15. The van der Waals surface area contributed by atoms with Crippen molar-refractivity contribution in [1.29, 1.82) is 0 Å². The third-order valence-electron chi connectivity index (χ3n) is 4.21. The van der Waals surface area contributed by atoms with Crippen LogP contribution < -0.4 is 14.8 Å². The van der Waals surface area contributed by atoms with Crippen LogP contribution in [0.15, 0.2) is 83.8 Å². The molecule has 0 aliphatic carbocycles. The van der Waals surface area contributed by atoms with E-state index in [4.69, 9.17) is 9.47 Å². The van der Waals surface area contributed by atoms with Gasteiger partial charge in [-0.1, -0.05) is 24.3 Å². The summed E-state index contributed by atoms with van der Waals surface area (Å²) in [6, 6.07) is 20.6. The van der Waals surface area contributed by atoms with Crippen LogP contribution >= 0.6 is 0 Å². The molecule has 0 fully saturated rings. The fourth-order valence-corrected chi connectivity index (χ4v) is 3.79. The number of benzene rings is 3. The number of hydrogen-bond donors (Lipinski definition) is 2. The average molecular weight is 455 g/mol. The van der Waals surface area contributed by atoms with Crippen LogP contribution in [-0.4, -0.2) is 33.5 Å². The molecule has 0 atom stereocenters. The Balaban J connectivity index is 1.61. The first-order chi connectivity index (χ1) is 15.4. The number of carbonyl (C=O) groups excluding carboxylic acids is 2. The van der Waals surface area contributed by atoms with E-state index < -0.39 is 16.0 Å². The first-order valence-electron chi connectivity index (χ1n) is 9.75. The van der Waals surface area contributed by atoms with Gasteiger partial charge in [0.25, 0.3) is 15.9 Å². The number of amides is 1. The molecule has 166 valence electrons. The standard InChI is InChI=1S/C23H22N2O6S/c1-2-30-22(26)16-31-20-8-6-7-19(15-20)24-23(27)17-11-13-18(14-12-17)25-32(28,29)21-9-4-3-5-10-21/h3-15,25H,2,16H2,1H3,(H,24,27). The summed E-state index contributed by atoms with van der Waals surface area (Å²) in [6.45, 7) is 1.75. The largest absolute Gasteiger partial charge is 0.482 e. The zero-order chi connectivity index (χ0) is 23.0. The van der Waals surface area contributed by atoms with Crippen molar-refractivity contribution in [1.82, 2.24) is 0 Å². The van der Waals surface area contributed by atoms with E-state index in [1.54, 1.807) is 49.4 Å². The Labute approximate surface area is 186 Å². The molecule has 3 aromatic rings. The van der Waals surface area contributed by atoms with E-state index in [1.165, 1.54) is 36.4 Å². The van der Waals surface area contributed by atoms with Crippen LogP contribution in [0.25, 0.3) is 0 Å². The van der Waals surface area contributed by atoms with Gasteiger partial charge in [-0.15, -0.1) is 0 Å². The molecule has 0 saturated heterocycles. The summed E-state index contributed by atoms with van der Waals surface area (Å²) >= 11 is 0. The number of sulfonamides is 1. The number of esters is 1. The molecule has 0 radical (unpaired) electrons. The van der Waals surface area contributed by atoms with Gasteiger partial charge in [-0.25, -0.2) is 13.2 Å². The van der Waals surface area contributed by atoms with Gasteiger partial charge in [0.1, 0.15) is 5.75 Å². The molecule has 32 heavy (non-hydrogen) atoms. The minimum absolute atomic E-state index is 0.145. The fraction of sp³-hybridized carbons (Fsp3) is 0.130. The van der Waals surface area contributed by atoms with Crippen LogP contribution in [0.3, 0.4) is 0 Å². The Hall–Kier alpha value is -3.85. The van der Waals surface area contributed by atoms with E-state index in [2.05, 4.69) is 10.0 Å². The number of anilines is 2. The second kappa shape index (κ2) is 10.5. The topological polar surface area (TPSA) is 111 Å². The van der Waals surface area contributed by atoms with Gasteiger partial charge in [-0.3, -0.25) is 9.52 Å². The Bertz CT molecular complexity index is 1180. The molecule has 3 rings (SSSR count). The van der Waals surface area contributed by atoms with Crippen LogP contribution in [0, 0.1) is 0 Å². The Morgan fingerprint density at radius 1 is 0.875 bits per heavy atom. The first-order valence-corrected chi connectivity index (χ1v) is 11.2. The van der Waals surface area contributed by atoms with Crippen molar-refractivity contribution >= 4 is 33.3 Å². The lowest BCUT2D eigenvalue weighted by atomic mass is 10.2. The van der Waals surface area contributed by atoms with Gasteiger partial charge in [0, 0.05) is 23.0 Å². The van der Waals surface area contributed by atoms with Gasteiger partial charge >= 0.3 is 5.97 Å². The molecule has 0 saturated carbocycles. The van der Waals surface area contributed by atoms with E-state index in [-0.39, 0.29) is 24.0 Å². The zero-order valence-corrected chi connectivity index (χ0v) is 18.1. The van der Waals surface area contributed by atoms with Crippen LogP contribution in [0.5, 0.6) is 5.75 Å². The molecular weight excluding hydrogens is 432 g/mol. The van der Waals surface area contributed by atoms with Gasteiger partial charge < -0.3 is 14.8 Å². The molecule has 2 N–H and O–H groups in total. The van der Waals surface area contributed by atoms with E-state index in [9.17, 15) is 18.0 Å². The second-order valence-corrected chi connectivity index (χ2v) is 8.25. The summed E-state index contributed by atoms with van der Waals surface area (Å²) in [6.07, 6.45) is 0. The van der Waals surface area contributed by atoms with Gasteiger partial charge in [0.2, 0.25) is 0 Å². The smallest absolute Gasteiger partial charge is 0.344 e. The first kappa shape index (κ1) is 22.8. The van der Waals surface area contributed by atoms with E-state index in [0.717, 1.165) is 0 Å². The minimum Gasteiger partial charge on any atom is -0.482 e. The lowest BCUT2D eigenvalue weighted by Gasteiger charge is -2.10. The van der Waals surface area contributed by atoms with Gasteiger partial charge in [0.05, 0.1) is 11.5 Å². The summed E-state index contributed by atoms with van der Waals surface area (Å²) in [5.74, 6) is -0.462. The summed E-state index contributed by atoms with van der Waals surface area (Å²) in [5, 5.41) is 2.73. The molecule has 0 bridgehead atoms. The maximum atomic E-state index is 12.5. The van der Waals surface area contributed by atoms with Crippen LogP contribution in [-0.2, 0) is 19.6 Å². The Kier molecular flexibility index (Phi) is 7.45. The van der Waals surface area contributed by atoms with Crippen LogP contribution in [0.2, 0.25) is 0 Å². The van der Waals surface area contributed by atoms with Crippen molar-refractivity contribution < 1.29 is 27.5 Å². The molecule has 0 heterocycles. The number of nitrogens with one attached hydrogen (secondary N) is 2. The highest BCUT2D eigenvalue weighted by Crippen LogP contribution is 2.20.